The van der Waals surface area contributed by atoms with E-state index in [4.69, 9.17) is 5.73 Å². The Hall–Kier alpha value is -1.30. The molecule has 2 nitrogen and oxygen atoms in total. The molecule has 0 aliphatic carbocycles. The smallest absolute Gasteiger partial charge is 0.369 e. The van der Waals surface area contributed by atoms with Crippen LogP contribution in [0.25, 0.3) is 0 Å². The summed E-state index contributed by atoms with van der Waals surface area (Å²) in [5, 5.41) is 0. The van der Waals surface area contributed by atoms with Gasteiger partial charge in [-0.25, -0.2) is 4.39 Å². The molecule has 1 atom stereocenters. The van der Waals surface area contributed by atoms with Crippen LogP contribution in [-0.2, 0) is 6.18 Å². The molecule has 1 saturated heterocycles. The maximum atomic E-state index is 13.8. The van der Waals surface area contributed by atoms with Crippen molar-refractivity contribution in [2.45, 2.75) is 19.0 Å². The average molecular weight is 276 g/mol. The first kappa shape index (κ1) is 14.1. The first-order valence-electron chi connectivity index (χ1n) is 6.23. The molecule has 1 aliphatic rings. The second-order valence-corrected chi connectivity index (χ2v) is 4.84. The van der Waals surface area contributed by atoms with Crippen LogP contribution in [0.3, 0.4) is 0 Å². The van der Waals surface area contributed by atoms with E-state index in [1.165, 1.54) is 6.07 Å². The Morgan fingerprint density at radius 2 is 2.05 bits per heavy atom. The van der Waals surface area contributed by atoms with Gasteiger partial charge in [0.2, 0.25) is 0 Å². The second kappa shape index (κ2) is 5.36. The minimum atomic E-state index is -4.51. The third kappa shape index (κ3) is 3.18. The molecule has 1 aliphatic heterocycles. The van der Waals surface area contributed by atoms with E-state index in [0.29, 0.717) is 31.6 Å². The fourth-order valence-electron chi connectivity index (χ4n) is 2.46. The zero-order valence-electron chi connectivity index (χ0n) is 10.4. The van der Waals surface area contributed by atoms with Crippen molar-refractivity contribution in [1.29, 1.82) is 0 Å². The molecular formula is C13H16F4N2. The fourth-order valence-corrected chi connectivity index (χ4v) is 2.46. The third-order valence-electron chi connectivity index (χ3n) is 3.48. The highest BCUT2D eigenvalue weighted by Crippen LogP contribution is 2.34. The van der Waals surface area contributed by atoms with E-state index in [2.05, 4.69) is 0 Å². The number of halogens is 4. The summed E-state index contributed by atoms with van der Waals surface area (Å²) >= 11 is 0. The topological polar surface area (TPSA) is 29.3 Å². The summed E-state index contributed by atoms with van der Waals surface area (Å²) in [5.41, 5.74) is 4.76. The molecule has 1 aromatic carbocycles. The normalized spacial score (nSPS) is 20.1. The van der Waals surface area contributed by atoms with Crippen LogP contribution in [0, 0.1) is 11.7 Å². The van der Waals surface area contributed by atoms with Gasteiger partial charge in [-0.2, -0.15) is 13.2 Å². The summed E-state index contributed by atoms with van der Waals surface area (Å²) in [6.07, 6.45) is -2.75. The minimum absolute atomic E-state index is 0.243. The van der Waals surface area contributed by atoms with Crippen LogP contribution in [0.1, 0.15) is 18.4 Å². The highest BCUT2D eigenvalue weighted by Gasteiger charge is 2.32. The molecule has 0 saturated carbocycles. The second-order valence-electron chi connectivity index (χ2n) is 4.84. The fraction of sp³-hybridized carbons (Fsp3) is 0.538. The predicted molar refractivity (Wildman–Crippen MR) is 65.4 cm³/mol. The molecule has 2 rings (SSSR count). The summed E-state index contributed by atoms with van der Waals surface area (Å²) < 4.78 is 51.1. The van der Waals surface area contributed by atoms with Crippen molar-refractivity contribution < 1.29 is 17.6 Å². The largest absolute Gasteiger partial charge is 0.416 e. The number of alkyl halides is 3. The van der Waals surface area contributed by atoms with Gasteiger partial charge in [-0.1, -0.05) is 0 Å². The summed E-state index contributed by atoms with van der Waals surface area (Å²) in [5.74, 6) is -0.421. The summed E-state index contributed by atoms with van der Waals surface area (Å²) in [4.78, 5) is 1.79. The number of rotatable bonds is 3. The number of hydrogen-bond acceptors (Lipinski definition) is 2. The van der Waals surface area contributed by atoms with E-state index >= 15 is 0 Å². The molecule has 19 heavy (non-hydrogen) atoms. The molecule has 106 valence electrons. The molecule has 6 heteroatoms. The predicted octanol–water partition coefficient (Wildman–Crippen LogP) is 3.02. The molecule has 0 radical (unpaired) electrons. The maximum Gasteiger partial charge on any atom is 0.416 e. The Morgan fingerprint density at radius 3 is 2.63 bits per heavy atom. The lowest BCUT2D eigenvalue weighted by molar-refractivity contribution is -0.137. The lowest BCUT2D eigenvalue weighted by atomic mass is 10.1. The van der Waals surface area contributed by atoms with Gasteiger partial charge < -0.3 is 10.6 Å². The highest BCUT2D eigenvalue weighted by atomic mass is 19.4. The lowest BCUT2D eigenvalue weighted by Gasteiger charge is -2.20. The average Bonchev–Trinajstić information content (AvgIpc) is 2.76. The van der Waals surface area contributed by atoms with E-state index in [-0.39, 0.29) is 5.69 Å². The monoisotopic (exact) mass is 276 g/mol. The molecule has 1 unspecified atom stereocenters. The Morgan fingerprint density at radius 1 is 1.32 bits per heavy atom. The van der Waals surface area contributed by atoms with Crippen LogP contribution < -0.4 is 10.6 Å². The van der Waals surface area contributed by atoms with Crippen molar-refractivity contribution >= 4 is 5.69 Å². The van der Waals surface area contributed by atoms with Crippen LogP contribution in [0.4, 0.5) is 23.2 Å². The van der Waals surface area contributed by atoms with Crippen molar-refractivity contribution in [1.82, 2.24) is 0 Å². The quantitative estimate of drug-likeness (QED) is 0.860. The molecule has 0 bridgehead atoms. The Labute approximate surface area is 109 Å². The first-order valence-corrected chi connectivity index (χ1v) is 6.23. The highest BCUT2D eigenvalue weighted by molar-refractivity contribution is 5.50. The van der Waals surface area contributed by atoms with Gasteiger partial charge in [-0.15, -0.1) is 0 Å². The van der Waals surface area contributed by atoms with E-state index in [9.17, 15) is 17.6 Å². The van der Waals surface area contributed by atoms with Crippen LogP contribution in [0.5, 0.6) is 0 Å². The maximum absolute atomic E-state index is 13.8. The van der Waals surface area contributed by atoms with Crippen molar-refractivity contribution in [2.24, 2.45) is 11.7 Å². The Balaban J connectivity index is 2.14. The minimum Gasteiger partial charge on any atom is -0.369 e. The van der Waals surface area contributed by atoms with Crippen LogP contribution in [-0.4, -0.2) is 19.6 Å². The van der Waals surface area contributed by atoms with Crippen molar-refractivity contribution in [3.8, 4) is 0 Å². The van der Waals surface area contributed by atoms with Gasteiger partial charge in [-0.05, 0) is 43.5 Å². The van der Waals surface area contributed by atoms with E-state index in [0.717, 1.165) is 18.9 Å². The zero-order valence-corrected chi connectivity index (χ0v) is 10.4. The standard InChI is InChI=1S/C13H16F4N2/c14-11-7-10(13(15,16)17)1-2-12(11)19-6-4-9(8-19)3-5-18/h1-2,7,9H,3-6,8,18H2. The number of benzene rings is 1. The molecule has 1 fully saturated rings. The van der Waals surface area contributed by atoms with Gasteiger partial charge in [0, 0.05) is 13.1 Å². The van der Waals surface area contributed by atoms with Crippen molar-refractivity contribution in [2.75, 3.05) is 24.5 Å². The van der Waals surface area contributed by atoms with E-state index in [1.54, 1.807) is 4.90 Å². The molecule has 0 amide bonds. The zero-order chi connectivity index (χ0) is 14.0. The molecular weight excluding hydrogens is 260 g/mol. The molecule has 0 aromatic heterocycles. The molecule has 2 N–H and O–H groups in total. The summed E-state index contributed by atoms with van der Waals surface area (Å²) in [7, 11) is 0. The molecule has 0 spiro atoms. The summed E-state index contributed by atoms with van der Waals surface area (Å²) in [6.45, 7) is 1.89. The van der Waals surface area contributed by atoms with Crippen LogP contribution >= 0.6 is 0 Å². The van der Waals surface area contributed by atoms with Gasteiger partial charge in [-0.3, -0.25) is 0 Å². The molecule has 1 heterocycles. The third-order valence-corrected chi connectivity index (χ3v) is 3.48. The van der Waals surface area contributed by atoms with Gasteiger partial charge in [0.05, 0.1) is 11.3 Å². The number of nitrogens with two attached hydrogens (primary N) is 1. The number of nitrogens with zero attached hydrogens (tertiary/aromatic N) is 1. The Kier molecular flexibility index (Phi) is 3.99. The van der Waals surface area contributed by atoms with Gasteiger partial charge >= 0.3 is 6.18 Å². The van der Waals surface area contributed by atoms with Gasteiger partial charge in [0.1, 0.15) is 5.82 Å². The molecule has 1 aromatic rings. The Bertz CT molecular complexity index is 445. The van der Waals surface area contributed by atoms with E-state index < -0.39 is 17.6 Å². The van der Waals surface area contributed by atoms with E-state index in [1.807, 2.05) is 0 Å². The summed E-state index contributed by atoms with van der Waals surface area (Å²) in [6, 6.07) is 2.70. The lowest BCUT2D eigenvalue weighted by Crippen LogP contribution is -2.22. The van der Waals surface area contributed by atoms with Crippen molar-refractivity contribution in [3.05, 3.63) is 29.6 Å². The number of hydrogen-bond donors (Lipinski definition) is 1. The van der Waals surface area contributed by atoms with Gasteiger partial charge in [0.25, 0.3) is 0 Å². The number of anilines is 1. The van der Waals surface area contributed by atoms with Crippen LogP contribution in [0.15, 0.2) is 18.2 Å². The first-order chi connectivity index (χ1) is 8.91. The van der Waals surface area contributed by atoms with Crippen molar-refractivity contribution in [3.63, 3.8) is 0 Å². The SMILES string of the molecule is NCCC1CCN(c2ccc(C(F)(F)F)cc2F)C1. The van der Waals surface area contributed by atoms with Crippen LogP contribution in [0.2, 0.25) is 0 Å². The van der Waals surface area contributed by atoms with Gasteiger partial charge in [0.15, 0.2) is 0 Å².